The number of likely N-dealkylation sites (N-methyl/N-ethyl adjacent to an activating group) is 1. The molecule has 0 saturated heterocycles. The third-order valence-corrected chi connectivity index (χ3v) is 4.52. The second kappa shape index (κ2) is 6.62. The molecule has 3 aromatic rings. The van der Waals surface area contributed by atoms with Gasteiger partial charge >= 0.3 is 0 Å². The maximum Gasteiger partial charge on any atom is 0.273 e. The molecule has 116 valence electrons. The Morgan fingerprint density at radius 3 is 2.65 bits per heavy atom. The average molecular weight is 324 g/mol. The molecule has 0 saturated carbocycles. The normalized spacial score (nSPS) is 11.5. The first kappa shape index (κ1) is 15.2. The van der Waals surface area contributed by atoms with Gasteiger partial charge in [-0.3, -0.25) is 4.79 Å². The summed E-state index contributed by atoms with van der Waals surface area (Å²) in [6, 6.07) is 16.1. The fraction of sp³-hybridized carbons (Fsp3) is 0.111. The van der Waals surface area contributed by atoms with Gasteiger partial charge in [-0.2, -0.15) is 0 Å². The molecule has 1 aromatic heterocycles. The highest BCUT2D eigenvalue weighted by Crippen LogP contribution is 2.34. The summed E-state index contributed by atoms with van der Waals surface area (Å²) in [6.07, 6.45) is 0. The van der Waals surface area contributed by atoms with Crippen LogP contribution >= 0.6 is 11.3 Å². The topological polar surface area (TPSA) is 50.7 Å². The van der Waals surface area contributed by atoms with Crippen LogP contribution in [0.2, 0.25) is 0 Å². The molecule has 0 radical (unpaired) electrons. The summed E-state index contributed by atoms with van der Waals surface area (Å²) in [4.78, 5) is 16.8. The lowest BCUT2D eigenvalue weighted by Crippen LogP contribution is -2.28. The minimum absolute atomic E-state index is 0.266. The highest BCUT2D eigenvalue weighted by atomic mass is 32.1. The van der Waals surface area contributed by atoms with Crippen LogP contribution in [0.4, 0.5) is 0 Å². The standard InChI is InChI=1S/C18H16N2O2S/c1-19-18(21)17(20-22-2)13-8-9-16-14(10-13)15(11-23-16)12-6-4-3-5-7-12/h3-11H,1-2H3,(H,19,21)/b20-17+. The minimum Gasteiger partial charge on any atom is -0.398 e. The van der Waals surface area contributed by atoms with E-state index in [0.717, 1.165) is 22.1 Å². The van der Waals surface area contributed by atoms with Gasteiger partial charge in [0.2, 0.25) is 0 Å². The molecule has 5 heteroatoms. The van der Waals surface area contributed by atoms with E-state index >= 15 is 0 Å². The largest absolute Gasteiger partial charge is 0.398 e. The third kappa shape index (κ3) is 2.96. The van der Waals surface area contributed by atoms with E-state index < -0.39 is 0 Å². The predicted octanol–water partition coefficient (Wildman–Crippen LogP) is 3.66. The molecule has 1 heterocycles. The van der Waals surface area contributed by atoms with Crippen LogP contribution in [0, 0.1) is 0 Å². The SMILES string of the molecule is CNC(=O)/C(=N/OC)c1ccc2scc(-c3ccccc3)c2c1. The Morgan fingerprint density at radius 1 is 1.17 bits per heavy atom. The quantitative estimate of drug-likeness (QED) is 0.588. The van der Waals surface area contributed by atoms with Crippen molar-refractivity contribution >= 4 is 33.0 Å². The highest BCUT2D eigenvalue weighted by Gasteiger charge is 2.15. The number of carbonyl (C=O) groups excluding carboxylic acids is 1. The summed E-state index contributed by atoms with van der Waals surface area (Å²) >= 11 is 1.69. The zero-order valence-electron chi connectivity index (χ0n) is 12.9. The summed E-state index contributed by atoms with van der Waals surface area (Å²) in [5.41, 5.74) is 3.30. The van der Waals surface area contributed by atoms with E-state index in [0.29, 0.717) is 0 Å². The van der Waals surface area contributed by atoms with Gasteiger partial charge in [-0.1, -0.05) is 41.6 Å². The van der Waals surface area contributed by atoms with Gasteiger partial charge in [-0.25, -0.2) is 0 Å². The highest BCUT2D eigenvalue weighted by molar-refractivity contribution is 7.17. The molecule has 0 aliphatic rings. The Morgan fingerprint density at radius 2 is 1.96 bits per heavy atom. The molecule has 0 aliphatic carbocycles. The summed E-state index contributed by atoms with van der Waals surface area (Å²) in [6.45, 7) is 0. The van der Waals surface area contributed by atoms with Crippen LogP contribution in [0.25, 0.3) is 21.2 Å². The number of benzene rings is 2. The molecule has 23 heavy (non-hydrogen) atoms. The van der Waals surface area contributed by atoms with Crippen LogP contribution in [-0.4, -0.2) is 25.8 Å². The number of thiophene rings is 1. The molecule has 2 aromatic carbocycles. The Bertz CT molecular complexity index is 869. The number of nitrogens with one attached hydrogen (secondary N) is 1. The van der Waals surface area contributed by atoms with Crippen molar-refractivity contribution in [1.29, 1.82) is 0 Å². The summed E-state index contributed by atoms with van der Waals surface area (Å²) in [5.74, 6) is -0.275. The molecule has 0 atom stereocenters. The molecule has 0 bridgehead atoms. The zero-order chi connectivity index (χ0) is 16.2. The van der Waals surface area contributed by atoms with Crippen molar-refractivity contribution in [2.45, 2.75) is 0 Å². The second-order valence-corrected chi connectivity index (χ2v) is 5.84. The molecule has 4 nitrogen and oxygen atoms in total. The van der Waals surface area contributed by atoms with Crippen LogP contribution in [0.5, 0.6) is 0 Å². The maximum absolute atomic E-state index is 12.0. The number of nitrogens with zero attached hydrogens (tertiary/aromatic N) is 1. The average Bonchev–Trinajstić information content (AvgIpc) is 3.03. The van der Waals surface area contributed by atoms with E-state index in [1.807, 2.05) is 36.4 Å². The van der Waals surface area contributed by atoms with Crippen molar-refractivity contribution < 1.29 is 9.63 Å². The van der Waals surface area contributed by atoms with Gasteiger partial charge in [0, 0.05) is 28.3 Å². The number of hydrogen-bond donors (Lipinski definition) is 1. The fourth-order valence-corrected chi connectivity index (χ4v) is 3.40. The van der Waals surface area contributed by atoms with Gasteiger partial charge in [-0.05, 0) is 23.1 Å². The Balaban J connectivity index is 2.14. The van der Waals surface area contributed by atoms with Gasteiger partial charge in [0.05, 0.1) is 0 Å². The first-order valence-electron chi connectivity index (χ1n) is 7.15. The van der Waals surface area contributed by atoms with Gasteiger partial charge in [0.1, 0.15) is 7.11 Å². The van der Waals surface area contributed by atoms with Gasteiger partial charge in [0.15, 0.2) is 5.71 Å². The number of rotatable bonds is 4. The van der Waals surface area contributed by atoms with Gasteiger partial charge in [0.25, 0.3) is 5.91 Å². The Labute approximate surface area is 138 Å². The fourth-order valence-electron chi connectivity index (χ4n) is 2.45. The Kier molecular flexibility index (Phi) is 4.39. The molecule has 3 rings (SSSR count). The minimum atomic E-state index is -0.275. The van der Waals surface area contributed by atoms with Crippen molar-refractivity contribution in [2.24, 2.45) is 5.16 Å². The molecular formula is C18H16N2O2S. The lowest BCUT2D eigenvalue weighted by molar-refractivity contribution is -0.114. The van der Waals surface area contributed by atoms with Crippen LogP contribution in [0.15, 0.2) is 59.1 Å². The molecule has 0 unspecified atom stereocenters. The zero-order valence-corrected chi connectivity index (χ0v) is 13.7. The van der Waals surface area contributed by atoms with Crippen molar-refractivity contribution in [3.8, 4) is 11.1 Å². The van der Waals surface area contributed by atoms with Gasteiger partial charge in [-0.15, -0.1) is 11.3 Å². The smallest absolute Gasteiger partial charge is 0.273 e. The van der Waals surface area contributed by atoms with Crippen LogP contribution < -0.4 is 5.32 Å². The maximum atomic E-state index is 12.0. The van der Waals surface area contributed by atoms with E-state index in [1.165, 1.54) is 11.8 Å². The van der Waals surface area contributed by atoms with Crippen molar-refractivity contribution in [2.75, 3.05) is 14.2 Å². The van der Waals surface area contributed by atoms with E-state index in [4.69, 9.17) is 4.84 Å². The Hall–Kier alpha value is -2.66. The summed E-state index contributed by atoms with van der Waals surface area (Å²) < 4.78 is 1.17. The number of hydrogen-bond acceptors (Lipinski definition) is 4. The first-order chi connectivity index (χ1) is 11.2. The number of carbonyl (C=O) groups is 1. The lowest BCUT2D eigenvalue weighted by atomic mass is 10.0. The predicted molar refractivity (Wildman–Crippen MR) is 94.9 cm³/mol. The number of fused-ring (bicyclic) bond motifs is 1. The first-order valence-corrected chi connectivity index (χ1v) is 8.03. The molecule has 0 aliphatic heterocycles. The van der Waals surface area contributed by atoms with Crippen molar-refractivity contribution in [3.63, 3.8) is 0 Å². The van der Waals surface area contributed by atoms with Crippen molar-refractivity contribution in [1.82, 2.24) is 5.32 Å². The van der Waals surface area contributed by atoms with Crippen LogP contribution in [0.1, 0.15) is 5.56 Å². The summed E-state index contributed by atoms with van der Waals surface area (Å²) in [5, 5.41) is 9.70. The number of amides is 1. The second-order valence-electron chi connectivity index (χ2n) is 4.93. The summed E-state index contributed by atoms with van der Waals surface area (Å²) in [7, 11) is 3.01. The van der Waals surface area contributed by atoms with E-state index in [1.54, 1.807) is 18.4 Å². The molecule has 0 fully saturated rings. The van der Waals surface area contributed by atoms with Crippen LogP contribution in [0.3, 0.4) is 0 Å². The molecule has 0 spiro atoms. The van der Waals surface area contributed by atoms with E-state index in [-0.39, 0.29) is 11.6 Å². The monoisotopic (exact) mass is 324 g/mol. The van der Waals surface area contributed by atoms with Gasteiger partial charge < -0.3 is 10.2 Å². The van der Waals surface area contributed by atoms with Crippen molar-refractivity contribution in [3.05, 3.63) is 59.5 Å². The van der Waals surface area contributed by atoms with E-state index in [9.17, 15) is 4.79 Å². The third-order valence-electron chi connectivity index (χ3n) is 3.56. The van der Waals surface area contributed by atoms with E-state index in [2.05, 4.69) is 28.0 Å². The molecular weight excluding hydrogens is 308 g/mol. The molecule has 1 amide bonds. The lowest BCUT2D eigenvalue weighted by Gasteiger charge is -2.06. The van der Waals surface area contributed by atoms with Crippen LogP contribution in [-0.2, 0) is 9.63 Å². The molecule has 1 N–H and O–H groups in total. The number of oxime groups is 1.